The molecular weight excluding hydrogens is 631 g/mol. The molecule has 1 heterocycles. The van der Waals surface area contributed by atoms with Crippen molar-refractivity contribution in [1.29, 1.82) is 0 Å². The van der Waals surface area contributed by atoms with E-state index in [1.807, 2.05) is 18.2 Å². The number of hydrogen-bond acceptors (Lipinski definition) is 3. The Labute approximate surface area is 304 Å². The summed E-state index contributed by atoms with van der Waals surface area (Å²) in [5.41, 5.74) is 15.7. The predicted molar refractivity (Wildman–Crippen MR) is 214 cm³/mol. The fourth-order valence-electron chi connectivity index (χ4n) is 8.82. The van der Waals surface area contributed by atoms with Crippen LogP contribution in [-0.4, -0.2) is 15.0 Å². The first-order chi connectivity index (χ1) is 25.3. The first kappa shape index (κ1) is 30.6. The zero-order valence-electron chi connectivity index (χ0n) is 29.8. The topological polar surface area (TPSA) is 38.7 Å². The molecule has 3 nitrogen and oxygen atoms in total. The molecule has 3 heteroatoms. The van der Waals surface area contributed by atoms with Crippen LogP contribution in [0, 0.1) is 0 Å². The Bertz CT molecular complexity index is 2740. The number of rotatable bonds is 4. The van der Waals surface area contributed by atoms with Crippen molar-refractivity contribution in [3.63, 3.8) is 0 Å². The van der Waals surface area contributed by atoms with Gasteiger partial charge in [0, 0.05) is 27.5 Å². The van der Waals surface area contributed by atoms with Crippen molar-refractivity contribution in [3.05, 3.63) is 174 Å². The van der Waals surface area contributed by atoms with Crippen LogP contribution in [-0.2, 0) is 10.8 Å². The second-order valence-corrected chi connectivity index (χ2v) is 15.2. The average Bonchev–Trinajstić information content (AvgIpc) is 3.56. The molecule has 2 aliphatic carbocycles. The van der Waals surface area contributed by atoms with Gasteiger partial charge in [0.15, 0.2) is 17.5 Å². The quantitative estimate of drug-likeness (QED) is 0.187. The molecule has 0 amide bonds. The van der Waals surface area contributed by atoms with Gasteiger partial charge in [-0.15, -0.1) is 0 Å². The van der Waals surface area contributed by atoms with Gasteiger partial charge in [0.1, 0.15) is 0 Å². The van der Waals surface area contributed by atoms with Crippen LogP contribution in [0.1, 0.15) is 49.9 Å². The van der Waals surface area contributed by atoms with Crippen molar-refractivity contribution in [1.82, 2.24) is 15.0 Å². The summed E-state index contributed by atoms with van der Waals surface area (Å²) >= 11 is 0. The molecule has 0 atom stereocenters. The minimum absolute atomic E-state index is 0.109. The molecule has 2 aliphatic rings. The zero-order valence-corrected chi connectivity index (χ0v) is 29.8. The molecule has 1 aromatic heterocycles. The molecule has 52 heavy (non-hydrogen) atoms. The second-order valence-electron chi connectivity index (χ2n) is 15.2. The molecule has 8 aromatic rings. The number of aromatic nitrogens is 3. The Morgan fingerprint density at radius 3 is 1.65 bits per heavy atom. The molecular formula is C49H37N3. The smallest absolute Gasteiger partial charge is 0.164 e. The molecule has 0 radical (unpaired) electrons. The predicted octanol–water partition coefficient (Wildman–Crippen LogP) is 12.3. The molecule has 0 aliphatic heterocycles. The Morgan fingerprint density at radius 1 is 0.346 bits per heavy atom. The summed E-state index contributed by atoms with van der Waals surface area (Å²) < 4.78 is 0. The van der Waals surface area contributed by atoms with Gasteiger partial charge in [0.25, 0.3) is 0 Å². The Hall–Kier alpha value is -6.19. The van der Waals surface area contributed by atoms with E-state index in [2.05, 4.69) is 161 Å². The number of benzene rings is 7. The van der Waals surface area contributed by atoms with Crippen molar-refractivity contribution < 1.29 is 0 Å². The van der Waals surface area contributed by atoms with Crippen molar-refractivity contribution in [2.75, 3.05) is 0 Å². The van der Waals surface area contributed by atoms with E-state index in [0.717, 1.165) is 22.3 Å². The normalized spacial score (nSPS) is 14.5. The van der Waals surface area contributed by atoms with E-state index in [4.69, 9.17) is 15.0 Å². The SMILES string of the molecule is CC1(C)c2ccccc2-c2ccc(-c3nc(-c4ccccc4)nc(-c4cccc(-c5c6c(cc7ccccc57)C(C)(C)c5ccccc5-6)c4)n3)cc21. The molecule has 0 spiro atoms. The molecule has 0 fully saturated rings. The van der Waals surface area contributed by atoms with Crippen molar-refractivity contribution in [3.8, 4) is 67.5 Å². The van der Waals surface area contributed by atoms with Crippen LogP contribution in [0.4, 0.5) is 0 Å². The maximum atomic E-state index is 5.23. The van der Waals surface area contributed by atoms with Gasteiger partial charge in [0.05, 0.1) is 0 Å². The lowest BCUT2D eigenvalue weighted by Gasteiger charge is -2.23. The monoisotopic (exact) mass is 667 g/mol. The third-order valence-electron chi connectivity index (χ3n) is 11.5. The lowest BCUT2D eigenvalue weighted by Crippen LogP contribution is -2.15. The molecule has 10 rings (SSSR count). The van der Waals surface area contributed by atoms with Crippen molar-refractivity contribution in [2.45, 2.75) is 38.5 Å². The fraction of sp³-hybridized carbons (Fsp3) is 0.122. The molecule has 248 valence electrons. The van der Waals surface area contributed by atoms with Crippen molar-refractivity contribution >= 4 is 10.8 Å². The van der Waals surface area contributed by atoms with Gasteiger partial charge >= 0.3 is 0 Å². The number of fused-ring (bicyclic) bond motifs is 7. The minimum Gasteiger partial charge on any atom is -0.208 e. The Balaban J connectivity index is 1.17. The highest BCUT2D eigenvalue weighted by atomic mass is 15.0. The highest BCUT2D eigenvalue weighted by molar-refractivity contribution is 6.08. The van der Waals surface area contributed by atoms with E-state index >= 15 is 0 Å². The summed E-state index contributed by atoms with van der Waals surface area (Å²) in [6.07, 6.45) is 0. The second kappa shape index (κ2) is 11.2. The number of nitrogens with zero attached hydrogens (tertiary/aromatic N) is 3. The molecule has 0 N–H and O–H groups in total. The average molecular weight is 668 g/mol. The molecule has 0 saturated heterocycles. The van der Waals surface area contributed by atoms with Gasteiger partial charge < -0.3 is 0 Å². The maximum Gasteiger partial charge on any atom is 0.164 e. The molecule has 0 saturated carbocycles. The Morgan fingerprint density at radius 2 is 0.885 bits per heavy atom. The maximum absolute atomic E-state index is 5.23. The van der Waals surface area contributed by atoms with Crippen LogP contribution in [0.15, 0.2) is 152 Å². The Kier molecular flexibility index (Phi) is 6.57. The van der Waals surface area contributed by atoms with Crippen LogP contribution in [0.25, 0.3) is 78.3 Å². The van der Waals surface area contributed by atoms with Crippen LogP contribution in [0.5, 0.6) is 0 Å². The van der Waals surface area contributed by atoms with E-state index < -0.39 is 0 Å². The third-order valence-corrected chi connectivity index (χ3v) is 11.5. The number of hydrogen-bond donors (Lipinski definition) is 0. The highest BCUT2D eigenvalue weighted by Crippen LogP contribution is 2.54. The largest absolute Gasteiger partial charge is 0.208 e. The van der Waals surface area contributed by atoms with E-state index in [0.29, 0.717) is 17.5 Å². The summed E-state index contributed by atoms with van der Waals surface area (Å²) in [7, 11) is 0. The zero-order chi connectivity index (χ0) is 35.2. The first-order valence-corrected chi connectivity index (χ1v) is 18.1. The minimum atomic E-state index is -0.125. The molecule has 0 bridgehead atoms. The fourth-order valence-corrected chi connectivity index (χ4v) is 8.82. The van der Waals surface area contributed by atoms with Crippen LogP contribution in [0.3, 0.4) is 0 Å². The van der Waals surface area contributed by atoms with Crippen LogP contribution < -0.4 is 0 Å². The molecule has 0 unspecified atom stereocenters. The standard InChI is InChI=1S/C49H37N3/c1-48(2)39-23-12-10-21-36(39)37-26-25-34(29-41(37)48)47-51-45(30-15-6-5-7-16-30)50-46(52-47)33-19-14-18-32(27-33)43-35-20-9-8-17-31(35)28-42-44(43)38-22-11-13-24-40(38)49(42,3)4/h5-29H,1-4H3. The van der Waals surface area contributed by atoms with Gasteiger partial charge in [-0.25, -0.2) is 15.0 Å². The van der Waals surface area contributed by atoms with Gasteiger partial charge in [-0.3, -0.25) is 0 Å². The summed E-state index contributed by atoms with van der Waals surface area (Å²) in [4.78, 5) is 15.5. The van der Waals surface area contributed by atoms with E-state index in [-0.39, 0.29) is 10.8 Å². The van der Waals surface area contributed by atoms with Crippen molar-refractivity contribution in [2.24, 2.45) is 0 Å². The van der Waals surface area contributed by atoms with Gasteiger partial charge in [-0.1, -0.05) is 161 Å². The summed E-state index contributed by atoms with van der Waals surface area (Å²) in [5.74, 6) is 1.99. The summed E-state index contributed by atoms with van der Waals surface area (Å²) in [6, 6.07) is 54.5. The first-order valence-electron chi connectivity index (χ1n) is 18.1. The lowest BCUT2D eigenvalue weighted by molar-refractivity contribution is 0.660. The third kappa shape index (κ3) is 4.48. The molecule has 7 aromatic carbocycles. The summed E-state index contributed by atoms with van der Waals surface area (Å²) in [6.45, 7) is 9.32. The van der Waals surface area contributed by atoms with E-state index in [1.54, 1.807) is 0 Å². The van der Waals surface area contributed by atoms with E-state index in [9.17, 15) is 0 Å². The lowest BCUT2D eigenvalue weighted by atomic mass is 9.80. The van der Waals surface area contributed by atoms with Crippen LogP contribution >= 0.6 is 0 Å². The van der Waals surface area contributed by atoms with Gasteiger partial charge in [-0.05, 0) is 84.6 Å². The highest BCUT2D eigenvalue weighted by Gasteiger charge is 2.38. The summed E-state index contributed by atoms with van der Waals surface area (Å²) in [5, 5.41) is 2.49. The van der Waals surface area contributed by atoms with Gasteiger partial charge in [-0.2, -0.15) is 0 Å². The van der Waals surface area contributed by atoms with E-state index in [1.165, 1.54) is 60.8 Å². The van der Waals surface area contributed by atoms with Gasteiger partial charge in [0.2, 0.25) is 0 Å². The van der Waals surface area contributed by atoms with Crippen LogP contribution in [0.2, 0.25) is 0 Å².